The Bertz CT molecular complexity index is 466. The standard InChI is InChI=1S/C15H26N4O2S/c1-5-6-7-8-19-11-12(16-15(19)22-9-10(2)3)18(4)14(21)17-13(11)20/h10-12H,5-9H2,1-4H3,(H,17,20,21). The summed E-state index contributed by atoms with van der Waals surface area (Å²) in [5.74, 6) is 1.29. The maximum absolute atomic E-state index is 12.3. The largest absolute Gasteiger partial charge is 0.336 e. The molecule has 0 aromatic carbocycles. The number of amidine groups is 1. The molecule has 0 bridgehead atoms. The van der Waals surface area contributed by atoms with Gasteiger partial charge in [0.25, 0.3) is 5.91 Å². The first kappa shape index (κ1) is 17.1. The van der Waals surface area contributed by atoms with E-state index in [1.165, 1.54) is 4.90 Å². The zero-order valence-electron chi connectivity index (χ0n) is 13.8. The molecular formula is C15H26N4O2S. The Hall–Kier alpha value is -1.24. The zero-order chi connectivity index (χ0) is 16.3. The van der Waals surface area contributed by atoms with Gasteiger partial charge in [-0.1, -0.05) is 45.4 Å². The predicted octanol–water partition coefficient (Wildman–Crippen LogP) is 2.11. The van der Waals surface area contributed by atoms with Crippen LogP contribution in [0.1, 0.15) is 40.0 Å². The van der Waals surface area contributed by atoms with Gasteiger partial charge in [0, 0.05) is 19.3 Å². The number of hydrogen-bond donors (Lipinski definition) is 1. The van der Waals surface area contributed by atoms with Crippen molar-refractivity contribution in [3.8, 4) is 0 Å². The molecule has 0 aliphatic carbocycles. The normalized spacial score (nSPS) is 24.7. The third-order valence-electron chi connectivity index (χ3n) is 3.87. The highest BCUT2D eigenvalue weighted by atomic mass is 32.2. The van der Waals surface area contributed by atoms with Crippen molar-refractivity contribution in [1.82, 2.24) is 15.1 Å². The summed E-state index contributed by atoms with van der Waals surface area (Å²) in [6.07, 6.45) is 2.91. The van der Waals surface area contributed by atoms with E-state index < -0.39 is 6.17 Å². The van der Waals surface area contributed by atoms with Crippen molar-refractivity contribution in [1.29, 1.82) is 0 Å². The summed E-state index contributed by atoms with van der Waals surface area (Å²) in [6, 6.07) is -0.743. The monoisotopic (exact) mass is 326 g/mol. The van der Waals surface area contributed by atoms with Crippen molar-refractivity contribution in [2.24, 2.45) is 10.9 Å². The summed E-state index contributed by atoms with van der Waals surface area (Å²) in [5.41, 5.74) is 0. The lowest BCUT2D eigenvalue weighted by atomic mass is 10.1. The fraction of sp³-hybridized carbons (Fsp3) is 0.800. The molecule has 2 heterocycles. The maximum atomic E-state index is 12.3. The molecule has 0 aromatic heterocycles. The summed E-state index contributed by atoms with van der Waals surface area (Å²) < 4.78 is 0. The number of unbranched alkanes of at least 4 members (excludes halogenated alkanes) is 2. The molecule has 0 spiro atoms. The number of imide groups is 1. The van der Waals surface area contributed by atoms with E-state index in [-0.39, 0.29) is 18.0 Å². The van der Waals surface area contributed by atoms with Crippen LogP contribution < -0.4 is 5.32 Å². The van der Waals surface area contributed by atoms with E-state index in [1.807, 2.05) is 0 Å². The molecule has 2 atom stereocenters. The molecule has 1 fully saturated rings. The Morgan fingerprint density at radius 1 is 1.32 bits per heavy atom. The van der Waals surface area contributed by atoms with Gasteiger partial charge in [-0.3, -0.25) is 10.1 Å². The molecular weight excluding hydrogens is 300 g/mol. The second kappa shape index (κ2) is 7.35. The van der Waals surface area contributed by atoms with Gasteiger partial charge in [-0.15, -0.1) is 0 Å². The number of fused-ring (bicyclic) bond motifs is 1. The number of urea groups is 1. The van der Waals surface area contributed by atoms with E-state index in [0.29, 0.717) is 5.92 Å². The molecule has 7 heteroatoms. The number of rotatable bonds is 6. The number of nitrogens with zero attached hydrogens (tertiary/aromatic N) is 3. The lowest BCUT2D eigenvalue weighted by Gasteiger charge is -2.36. The van der Waals surface area contributed by atoms with Crippen LogP contribution in [0, 0.1) is 5.92 Å². The average molecular weight is 326 g/mol. The molecule has 3 amide bonds. The molecule has 0 saturated carbocycles. The van der Waals surface area contributed by atoms with E-state index in [0.717, 1.165) is 36.7 Å². The summed E-state index contributed by atoms with van der Waals surface area (Å²) in [6.45, 7) is 7.31. The number of hydrogen-bond acceptors (Lipinski definition) is 5. The van der Waals surface area contributed by atoms with Crippen molar-refractivity contribution >= 4 is 28.9 Å². The molecule has 6 nitrogen and oxygen atoms in total. The number of thioether (sulfide) groups is 1. The third kappa shape index (κ3) is 3.56. The lowest BCUT2D eigenvalue weighted by molar-refractivity contribution is -0.127. The number of nitrogens with one attached hydrogen (secondary N) is 1. The van der Waals surface area contributed by atoms with Crippen molar-refractivity contribution in [2.45, 2.75) is 52.2 Å². The molecule has 2 unspecified atom stereocenters. The van der Waals surface area contributed by atoms with Crippen LogP contribution in [0.15, 0.2) is 4.99 Å². The topological polar surface area (TPSA) is 65.0 Å². The zero-order valence-corrected chi connectivity index (χ0v) is 14.7. The van der Waals surface area contributed by atoms with Crippen LogP contribution in [0.2, 0.25) is 0 Å². The Morgan fingerprint density at radius 2 is 2.05 bits per heavy atom. The summed E-state index contributed by atoms with van der Waals surface area (Å²) in [5, 5.41) is 3.33. The first-order valence-corrected chi connectivity index (χ1v) is 8.99. The average Bonchev–Trinajstić information content (AvgIpc) is 2.82. The third-order valence-corrected chi connectivity index (χ3v) is 5.30. The minimum Gasteiger partial charge on any atom is -0.336 e. The second-order valence-corrected chi connectivity index (χ2v) is 7.27. The minimum absolute atomic E-state index is 0.228. The van der Waals surface area contributed by atoms with Crippen LogP contribution in [-0.4, -0.2) is 58.5 Å². The van der Waals surface area contributed by atoms with Gasteiger partial charge in [0.05, 0.1) is 0 Å². The van der Waals surface area contributed by atoms with E-state index in [2.05, 4.69) is 36.0 Å². The van der Waals surface area contributed by atoms with Crippen LogP contribution in [-0.2, 0) is 4.79 Å². The second-order valence-electron chi connectivity index (χ2n) is 6.28. The molecule has 0 aromatic rings. The maximum Gasteiger partial charge on any atom is 0.325 e. The van der Waals surface area contributed by atoms with E-state index in [4.69, 9.17) is 0 Å². The van der Waals surface area contributed by atoms with Gasteiger partial charge in [-0.2, -0.15) is 0 Å². The van der Waals surface area contributed by atoms with E-state index in [1.54, 1.807) is 18.8 Å². The predicted molar refractivity (Wildman–Crippen MR) is 89.8 cm³/mol. The molecule has 1 N–H and O–H groups in total. The highest BCUT2D eigenvalue weighted by molar-refractivity contribution is 8.13. The first-order valence-electron chi connectivity index (χ1n) is 8.00. The Morgan fingerprint density at radius 3 is 2.68 bits per heavy atom. The lowest BCUT2D eigenvalue weighted by Crippen LogP contribution is -2.63. The van der Waals surface area contributed by atoms with Crippen LogP contribution in [0.4, 0.5) is 4.79 Å². The van der Waals surface area contributed by atoms with Crippen molar-refractivity contribution in [3.05, 3.63) is 0 Å². The number of likely N-dealkylation sites (N-methyl/N-ethyl adjacent to an activating group) is 1. The Balaban J connectivity index is 2.16. The molecule has 2 aliphatic heterocycles. The fourth-order valence-electron chi connectivity index (χ4n) is 2.63. The van der Waals surface area contributed by atoms with Gasteiger partial charge in [0.15, 0.2) is 17.4 Å². The molecule has 1 saturated heterocycles. The SMILES string of the molecule is CCCCCN1C(SCC(C)C)=NC2C1C(=O)NC(=O)N2C. The van der Waals surface area contributed by atoms with Crippen LogP contribution in [0.5, 0.6) is 0 Å². The van der Waals surface area contributed by atoms with Gasteiger partial charge in [-0.05, 0) is 12.3 Å². The van der Waals surface area contributed by atoms with Gasteiger partial charge < -0.3 is 9.80 Å². The van der Waals surface area contributed by atoms with Gasteiger partial charge in [0.1, 0.15) is 0 Å². The minimum atomic E-state index is -0.391. The van der Waals surface area contributed by atoms with Crippen LogP contribution in [0.3, 0.4) is 0 Å². The molecule has 2 aliphatic rings. The van der Waals surface area contributed by atoms with E-state index in [9.17, 15) is 9.59 Å². The first-order chi connectivity index (χ1) is 10.5. The van der Waals surface area contributed by atoms with Gasteiger partial charge in [-0.25, -0.2) is 9.79 Å². The number of amides is 3. The molecule has 124 valence electrons. The smallest absolute Gasteiger partial charge is 0.325 e. The van der Waals surface area contributed by atoms with Crippen molar-refractivity contribution in [3.63, 3.8) is 0 Å². The van der Waals surface area contributed by atoms with Gasteiger partial charge >= 0.3 is 6.03 Å². The summed E-state index contributed by atoms with van der Waals surface area (Å²) >= 11 is 1.69. The Labute approximate surface area is 136 Å². The summed E-state index contributed by atoms with van der Waals surface area (Å²) in [4.78, 5) is 32.4. The van der Waals surface area contributed by atoms with Gasteiger partial charge in [0.2, 0.25) is 0 Å². The highest BCUT2D eigenvalue weighted by Gasteiger charge is 2.48. The molecule has 2 rings (SSSR count). The van der Waals surface area contributed by atoms with Crippen LogP contribution in [0.25, 0.3) is 0 Å². The number of carbonyl (C=O) groups excluding carboxylic acids is 2. The summed E-state index contributed by atoms with van der Waals surface area (Å²) in [7, 11) is 1.70. The number of aliphatic imine (C=N–C) groups is 1. The van der Waals surface area contributed by atoms with Crippen LogP contribution >= 0.6 is 11.8 Å². The highest BCUT2D eigenvalue weighted by Crippen LogP contribution is 2.29. The van der Waals surface area contributed by atoms with Crippen molar-refractivity contribution in [2.75, 3.05) is 19.3 Å². The molecule has 0 radical (unpaired) electrons. The van der Waals surface area contributed by atoms with Crippen molar-refractivity contribution < 1.29 is 9.59 Å². The molecule has 22 heavy (non-hydrogen) atoms. The van der Waals surface area contributed by atoms with E-state index >= 15 is 0 Å². The fourth-order valence-corrected chi connectivity index (χ4v) is 3.66. The number of carbonyl (C=O) groups is 2. The Kier molecular flexibility index (Phi) is 5.72. The quantitative estimate of drug-likeness (QED) is 0.759.